The molecule has 82 valence electrons. The molecule has 0 saturated heterocycles. The molecule has 1 aromatic heterocycles. The van der Waals surface area contributed by atoms with Gasteiger partial charge in [0.1, 0.15) is 16.8 Å². The molecule has 6 heteroatoms. The van der Waals surface area contributed by atoms with Gasteiger partial charge in [0.05, 0.1) is 28.1 Å². The lowest BCUT2D eigenvalue weighted by molar-refractivity contribution is 0.584. The van der Waals surface area contributed by atoms with Gasteiger partial charge in [-0.1, -0.05) is 11.6 Å². The lowest BCUT2D eigenvalue weighted by Gasteiger charge is -2.05. The second kappa shape index (κ2) is 4.43. The van der Waals surface area contributed by atoms with E-state index in [1.807, 2.05) is 0 Å². The van der Waals surface area contributed by atoms with Gasteiger partial charge in [-0.25, -0.2) is 13.8 Å². The molecule has 2 nitrogen and oxygen atoms in total. The molecule has 0 fully saturated rings. The Morgan fingerprint density at radius 3 is 2.62 bits per heavy atom. The second-order valence-electron chi connectivity index (χ2n) is 2.95. The van der Waals surface area contributed by atoms with Crippen LogP contribution in [-0.2, 0) is 0 Å². The minimum absolute atomic E-state index is 0.0591. The molecule has 1 heterocycles. The molecular weight excluding hydrogens is 301 g/mol. The summed E-state index contributed by atoms with van der Waals surface area (Å²) in [5.74, 6) is -1.44. The summed E-state index contributed by atoms with van der Waals surface area (Å²) in [6, 6.07) is 2.43. The van der Waals surface area contributed by atoms with E-state index in [0.717, 1.165) is 6.07 Å². The maximum absolute atomic E-state index is 13.7. The first-order chi connectivity index (χ1) is 7.59. The van der Waals surface area contributed by atoms with E-state index in [9.17, 15) is 8.78 Å². The van der Waals surface area contributed by atoms with Crippen molar-refractivity contribution >= 4 is 27.5 Å². The Morgan fingerprint density at radius 2 is 1.94 bits per heavy atom. The van der Waals surface area contributed by atoms with Gasteiger partial charge in [-0.2, -0.15) is 0 Å². The monoisotopic (exact) mass is 304 g/mol. The van der Waals surface area contributed by atoms with Crippen molar-refractivity contribution in [2.45, 2.75) is 0 Å². The first kappa shape index (κ1) is 11.4. The van der Waals surface area contributed by atoms with Gasteiger partial charge in [0, 0.05) is 0 Å². The number of hydrogen-bond acceptors (Lipinski definition) is 2. The van der Waals surface area contributed by atoms with Crippen molar-refractivity contribution in [2.75, 3.05) is 0 Å². The standard InChI is InChI=1S/C10H4BrClF2N2/c11-5-1-2-6(13)9(10(5)14)7-3-15-4-8(12)16-7/h1-4H. The van der Waals surface area contributed by atoms with Gasteiger partial charge in [0.15, 0.2) is 0 Å². The van der Waals surface area contributed by atoms with Crippen LogP contribution in [0.2, 0.25) is 5.15 Å². The summed E-state index contributed by atoms with van der Waals surface area (Å²) >= 11 is 8.58. The third-order valence-electron chi connectivity index (χ3n) is 1.91. The van der Waals surface area contributed by atoms with E-state index in [4.69, 9.17) is 11.6 Å². The summed E-state index contributed by atoms with van der Waals surface area (Å²) in [7, 11) is 0. The Labute approximate surface area is 103 Å². The van der Waals surface area contributed by atoms with E-state index in [2.05, 4.69) is 25.9 Å². The van der Waals surface area contributed by atoms with Crippen molar-refractivity contribution in [1.82, 2.24) is 9.97 Å². The number of rotatable bonds is 1. The van der Waals surface area contributed by atoms with Crippen molar-refractivity contribution in [2.24, 2.45) is 0 Å². The summed E-state index contributed by atoms with van der Waals surface area (Å²) < 4.78 is 27.3. The quantitative estimate of drug-likeness (QED) is 0.748. The maximum Gasteiger partial charge on any atom is 0.149 e. The fourth-order valence-electron chi connectivity index (χ4n) is 1.22. The number of nitrogens with zero attached hydrogens (tertiary/aromatic N) is 2. The zero-order chi connectivity index (χ0) is 11.7. The largest absolute Gasteiger partial charge is 0.259 e. The van der Waals surface area contributed by atoms with Crippen molar-refractivity contribution in [1.29, 1.82) is 0 Å². The van der Waals surface area contributed by atoms with Gasteiger partial charge >= 0.3 is 0 Å². The van der Waals surface area contributed by atoms with Crippen molar-refractivity contribution in [3.8, 4) is 11.3 Å². The summed E-state index contributed by atoms with van der Waals surface area (Å²) in [5.41, 5.74) is -0.187. The first-order valence-electron chi connectivity index (χ1n) is 4.21. The molecule has 0 spiro atoms. The molecule has 1 aromatic carbocycles. The zero-order valence-corrected chi connectivity index (χ0v) is 10.1. The summed E-state index contributed by atoms with van der Waals surface area (Å²) in [5, 5.41) is 0.0799. The highest BCUT2D eigenvalue weighted by molar-refractivity contribution is 9.10. The van der Waals surface area contributed by atoms with Gasteiger partial charge < -0.3 is 0 Å². The molecule has 0 aliphatic rings. The van der Waals surface area contributed by atoms with Crippen LogP contribution in [0.4, 0.5) is 8.78 Å². The lowest BCUT2D eigenvalue weighted by Crippen LogP contribution is -1.94. The number of halogens is 4. The molecule has 0 atom stereocenters. The molecule has 2 aromatic rings. The average Bonchev–Trinajstić information content (AvgIpc) is 2.24. The third kappa shape index (κ3) is 2.05. The Balaban J connectivity index is 2.68. The maximum atomic E-state index is 13.7. The molecule has 0 aliphatic carbocycles. The van der Waals surface area contributed by atoms with Gasteiger partial charge in [0.25, 0.3) is 0 Å². The van der Waals surface area contributed by atoms with Gasteiger partial charge in [-0.15, -0.1) is 0 Å². The Hall–Kier alpha value is -1.07. The summed E-state index contributed by atoms with van der Waals surface area (Å²) in [6.07, 6.45) is 2.54. The van der Waals surface area contributed by atoms with Crippen LogP contribution in [-0.4, -0.2) is 9.97 Å². The van der Waals surface area contributed by atoms with E-state index >= 15 is 0 Å². The highest BCUT2D eigenvalue weighted by atomic mass is 79.9. The number of benzene rings is 1. The minimum atomic E-state index is -0.725. The summed E-state index contributed by atoms with van der Waals surface area (Å²) in [6.45, 7) is 0. The third-order valence-corrected chi connectivity index (χ3v) is 2.70. The Kier molecular flexibility index (Phi) is 3.16. The minimum Gasteiger partial charge on any atom is -0.259 e. The molecule has 0 radical (unpaired) electrons. The molecule has 0 aliphatic heterocycles. The van der Waals surface area contributed by atoms with Crippen molar-refractivity contribution < 1.29 is 8.78 Å². The molecule has 16 heavy (non-hydrogen) atoms. The van der Waals surface area contributed by atoms with Crippen LogP contribution in [0.5, 0.6) is 0 Å². The van der Waals surface area contributed by atoms with Crippen LogP contribution in [0.25, 0.3) is 11.3 Å². The summed E-state index contributed by atoms with van der Waals surface area (Å²) in [4.78, 5) is 7.54. The van der Waals surface area contributed by atoms with Crippen LogP contribution < -0.4 is 0 Å². The number of hydrogen-bond donors (Lipinski definition) is 0. The fraction of sp³-hybridized carbons (Fsp3) is 0. The smallest absolute Gasteiger partial charge is 0.149 e. The van der Waals surface area contributed by atoms with E-state index in [1.165, 1.54) is 18.5 Å². The highest BCUT2D eigenvalue weighted by Gasteiger charge is 2.15. The lowest BCUT2D eigenvalue weighted by atomic mass is 10.1. The first-order valence-corrected chi connectivity index (χ1v) is 5.38. The highest BCUT2D eigenvalue weighted by Crippen LogP contribution is 2.29. The van der Waals surface area contributed by atoms with Crippen molar-refractivity contribution in [3.05, 3.63) is 45.8 Å². The molecule has 0 N–H and O–H groups in total. The molecular formula is C10H4BrClF2N2. The Morgan fingerprint density at radius 1 is 1.19 bits per heavy atom. The fourth-order valence-corrected chi connectivity index (χ4v) is 1.70. The topological polar surface area (TPSA) is 25.8 Å². The molecule has 0 amide bonds. The van der Waals surface area contributed by atoms with Crippen LogP contribution in [0.15, 0.2) is 29.0 Å². The predicted octanol–water partition coefficient (Wildman–Crippen LogP) is 3.84. The second-order valence-corrected chi connectivity index (χ2v) is 4.19. The van der Waals surface area contributed by atoms with E-state index in [0.29, 0.717) is 0 Å². The van der Waals surface area contributed by atoms with E-state index < -0.39 is 11.6 Å². The SMILES string of the molecule is Fc1ccc(Br)c(F)c1-c1cncc(Cl)n1. The van der Waals surface area contributed by atoms with Gasteiger partial charge in [-0.05, 0) is 28.1 Å². The number of aromatic nitrogens is 2. The van der Waals surface area contributed by atoms with Crippen LogP contribution in [0.3, 0.4) is 0 Å². The van der Waals surface area contributed by atoms with Crippen molar-refractivity contribution in [3.63, 3.8) is 0 Å². The normalized spacial score (nSPS) is 10.5. The molecule has 0 unspecified atom stereocenters. The van der Waals surface area contributed by atoms with Gasteiger partial charge in [-0.3, -0.25) is 4.98 Å². The van der Waals surface area contributed by atoms with Gasteiger partial charge in [0.2, 0.25) is 0 Å². The van der Waals surface area contributed by atoms with E-state index in [-0.39, 0.29) is 20.9 Å². The molecule has 0 saturated carbocycles. The van der Waals surface area contributed by atoms with Crippen LogP contribution in [0, 0.1) is 11.6 Å². The van der Waals surface area contributed by atoms with E-state index in [1.54, 1.807) is 0 Å². The average molecular weight is 306 g/mol. The predicted molar refractivity (Wildman–Crippen MR) is 60.1 cm³/mol. The molecule has 0 bridgehead atoms. The van der Waals surface area contributed by atoms with Crippen LogP contribution in [0.1, 0.15) is 0 Å². The zero-order valence-electron chi connectivity index (χ0n) is 7.72. The van der Waals surface area contributed by atoms with Crippen LogP contribution >= 0.6 is 27.5 Å². The molecule has 2 rings (SSSR count). The Bertz CT molecular complexity index is 548.